The third-order valence-corrected chi connectivity index (χ3v) is 0.633. The third-order valence-electron chi connectivity index (χ3n) is 0.633. The van der Waals surface area contributed by atoms with Crippen LogP contribution in [-0.2, 0) is 9.59 Å². The Bertz CT molecular complexity index is 177. The van der Waals surface area contributed by atoms with Gasteiger partial charge in [-0.25, -0.2) is 9.98 Å². The van der Waals surface area contributed by atoms with E-state index in [-0.39, 0.29) is 24.8 Å². The van der Waals surface area contributed by atoms with Gasteiger partial charge in [-0.3, -0.25) is 9.59 Å². The molecule has 0 spiro atoms. The maximum absolute atomic E-state index is 10.1. The molecule has 56 valence electrons. The van der Waals surface area contributed by atoms with E-state index >= 15 is 0 Å². The summed E-state index contributed by atoms with van der Waals surface area (Å²) in [6.07, 6.45) is 2.37. The average Bonchev–Trinajstić information content (AvgIpc) is 1.77. The Morgan fingerprint density at radius 2 is 1.20 bits per heavy atom. The van der Waals surface area contributed by atoms with Gasteiger partial charge in [0, 0.05) is 12.4 Å². The van der Waals surface area contributed by atoms with E-state index in [1.807, 2.05) is 0 Å². The highest BCUT2D eigenvalue weighted by Crippen LogP contribution is 1.82. The van der Waals surface area contributed by atoms with Gasteiger partial charge in [-0.15, -0.1) is 24.8 Å². The summed E-state index contributed by atoms with van der Waals surface area (Å²) in [5.41, 5.74) is 0. The van der Waals surface area contributed by atoms with Crippen molar-refractivity contribution in [3.63, 3.8) is 0 Å². The Kier molecular flexibility index (Phi) is 6.09. The molecule has 1 rings (SSSR count). The van der Waals surface area contributed by atoms with Crippen molar-refractivity contribution in [3.8, 4) is 0 Å². The molecule has 4 nitrogen and oxygen atoms in total. The number of carbonyl (C=O) groups excluding carboxylic acids is 2. The zero-order chi connectivity index (χ0) is 5.98. The number of hydrogen-bond donors (Lipinski definition) is 0. The van der Waals surface area contributed by atoms with E-state index in [0.29, 0.717) is 0 Å². The summed E-state index contributed by atoms with van der Waals surface area (Å²) >= 11 is 0. The van der Waals surface area contributed by atoms with Gasteiger partial charge in [-0.1, -0.05) is 0 Å². The smallest absolute Gasteiger partial charge is 0.261 e. The van der Waals surface area contributed by atoms with E-state index in [1.54, 1.807) is 0 Å². The predicted octanol–water partition coefficient (Wildman–Crippen LogP) is 0.0384. The molecule has 10 heavy (non-hydrogen) atoms. The van der Waals surface area contributed by atoms with Crippen molar-refractivity contribution in [1.82, 2.24) is 0 Å². The number of carbonyl (C=O) groups is 2. The third kappa shape index (κ3) is 2.70. The first-order chi connectivity index (χ1) is 3.80. The second-order valence-corrected chi connectivity index (χ2v) is 1.17. The summed E-state index contributed by atoms with van der Waals surface area (Å²) in [5.74, 6) is -1.60. The molecule has 0 aliphatic carbocycles. The number of hydrogen-bond acceptors (Lipinski definition) is 2. The van der Waals surface area contributed by atoms with Gasteiger partial charge >= 0.3 is 11.8 Å². The minimum atomic E-state index is -0.799. The molecule has 0 saturated carbocycles. The van der Waals surface area contributed by atoms with Crippen LogP contribution in [0.3, 0.4) is 0 Å². The maximum Gasteiger partial charge on any atom is 0.337 e. The second-order valence-electron chi connectivity index (χ2n) is 1.17. The first-order valence-electron chi connectivity index (χ1n) is 1.96. The summed E-state index contributed by atoms with van der Waals surface area (Å²) in [6, 6.07) is 0. The quantitative estimate of drug-likeness (QED) is 0.497. The fourth-order valence-corrected chi connectivity index (χ4v) is 0.312. The largest absolute Gasteiger partial charge is 0.337 e. The Balaban J connectivity index is 0. The van der Waals surface area contributed by atoms with E-state index in [2.05, 4.69) is 9.98 Å². The van der Waals surface area contributed by atoms with E-state index < -0.39 is 11.8 Å². The van der Waals surface area contributed by atoms with Crippen molar-refractivity contribution in [2.75, 3.05) is 0 Å². The lowest BCUT2D eigenvalue weighted by molar-refractivity contribution is -0.135. The van der Waals surface area contributed by atoms with Crippen molar-refractivity contribution >= 4 is 49.1 Å². The van der Waals surface area contributed by atoms with Crippen LogP contribution >= 0.6 is 24.8 Å². The molecule has 0 radical (unpaired) electrons. The van der Waals surface area contributed by atoms with Gasteiger partial charge in [0.15, 0.2) is 0 Å². The molecule has 1 aliphatic heterocycles. The standard InChI is InChI=1S/C4H2N2O2.2ClH/c7-3-4(8)6-2-1-5-3;;/h1-2H;2*1H. The van der Waals surface area contributed by atoms with Gasteiger partial charge in [0.25, 0.3) is 0 Å². The van der Waals surface area contributed by atoms with Gasteiger partial charge in [0.05, 0.1) is 0 Å². The van der Waals surface area contributed by atoms with Crippen LogP contribution < -0.4 is 0 Å². The van der Waals surface area contributed by atoms with Crippen molar-refractivity contribution in [1.29, 1.82) is 0 Å². The Morgan fingerprint density at radius 1 is 0.900 bits per heavy atom. The molecule has 0 aromatic rings. The lowest BCUT2D eigenvalue weighted by Gasteiger charge is -1.87. The second kappa shape index (κ2) is 5.08. The average molecular weight is 183 g/mol. The van der Waals surface area contributed by atoms with Crippen LogP contribution in [0.2, 0.25) is 0 Å². The molecule has 1 aliphatic rings. The zero-order valence-corrected chi connectivity index (χ0v) is 6.32. The lowest BCUT2D eigenvalue weighted by atomic mass is 10.5. The molecule has 0 fully saturated rings. The number of amides is 2. The molecule has 2 amide bonds. The molecular formula is C4H4Cl2N2O2. The van der Waals surface area contributed by atoms with Crippen LogP contribution in [0.15, 0.2) is 9.98 Å². The highest BCUT2D eigenvalue weighted by molar-refractivity contribution is 6.44. The minimum Gasteiger partial charge on any atom is -0.261 e. The van der Waals surface area contributed by atoms with Gasteiger partial charge in [-0.2, -0.15) is 0 Å². The highest BCUT2D eigenvalue weighted by atomic mass is 35.5. The highest BCUT2D eigenvalue weighted by Gasteiger charge is 2.10. The van der Waals surface area contributed by atoms with Gasteiger partial charge < -0.3 is 0 Å². The predicted molar refractivity (Wildman–Crippen MR) is 41.5 cm³/mol. The number of nitrogens with zero attached hydrogens (tertiary/aromatic N) is 2. The molecule has 0 N–H and O–H groups in total. The lowest BCUT2D eigenvalue weighted by Crippen LogP contribution is -2.12. The zero-order valence-electron chi connectivity index (χ0n) is 4.68. The van der Waals surface area contributed by atoms with Crippen LogP contribution in [0.5, 0.6) is 0 Å². The fraction of sp³-hybridized carbons (Fsp3) is 0. The topological polar surface area (TPSA) is 58.9 Å². The molecule has 0 saturated heterocycles. The number of aliphatic imine (C=N–C) groups is 2. The molecule has 0 bridgehead atoms. The summed E-state index contributed by atoms with van der Waals surface area (Å²) in [6.45, 7) is 0. The van der Waals surface area contributed by atoms with Crippen LogP contribution in [0, 0.1) is 0 Å². The number of rotatable bonds is 0. The summed E-state index contributed by atoms with van der Waals surface area (Å²) in [5, 5.41) is 0. The van der Waals surface area contributed by atoms with E-state index in [9.17, 15) is 9.59 Å². The summed E-state index contributed by atoms with van der Waals surface area (Å²) in [7, 11) is 0. The van der Waals surface area contributed by atoms with Crippen LogP contribution in [0.1, 0.15) is 0 Å². The van der Waals surface area contributed by atoms with Crippen LogP contribution in [0.4, 0.5) is 0 Å². The molecule has 6 heteroatoms. The molecular weight excluding hydrogens is 179 g/mol. The maximum atomic E-state index is 10.1. The Morgan fingerprint density at radius 3 is 1.40 bits per heavy atom. The Labute approximate surface area is 69.2 Å². The SMILES string of the molecule is Cl.Cl.O=C1N=CC=NC1=O. The molecule has 1 heterocycles. The normalized spacial score (nSPS) is 14.0. The first kappa shape index (κ1) is 12.0. The molecule has 0 aromatic heterocycles. The summed E-state index contributed by atoms with van der Waals surface area (Å²) in [4.78, 5) is 26.6. The van der Waals surface area contributed by atoms with Gasteiger partial charge in [0.1, 0.15) is 0 Å². The Hall–Kier alpha value is -0.740. The molecule has 0 aromatic carbocycles. The monoisotopic (exact) mass is 182 g/mol. The van der Waals surface area contributed by atoms with Crippen LogP contribution in [-0.4, -0.2) is 24.2 Å². The van der Waals surface area contributed by atoms with E-state index in [1.165, 1.54) is 12.4 Å². The van der Waals surface area contributed by atoms with Crippen molar-refractivity contribution in [2.45, 2.75) is 0 Å². The van der Waals surface area contributed by atoms with Crippen molar-refractivity contribution in [3.05, 3.63) is 0 Å². The first-order valence-corrected chi connectivity index (χ1v) is 1.96. The molecule has 0 atom stereocenters. The minimum absolute atomic E-state index is 0. The fourth-order valence-electron chi connectivity index (χ4n) is 0.312. The van der Waals surface area contributed by atoms with Crippen LogP contribution in [0.25, 0.3) is 0 Å². The van der Waals surface area contributed by atoms with E-state index in [0.717, 1.165) is 0 Å². The van der Waals surface area contributed by atoms with Gasteiger partial charge in [0.2, 0.25) is 0 Å². The number of halogens is 2. The van der Waals surface area contributed by atoms with E-state index in [4.69, 9.17) is 0 Å². The molecule has 0 unspecified atom stereocenters. The van der Waals surface area contributed by atoms with Gasteiger partial charge in [-0.05, 0) is 0 Å². The summed E-state index contributed by atoms with van der Waals surface area (Å²) < 4.78 is 0. The van der Waals surface area contributed by atoms with Crippen molar-refractivity contribution in [2.24, 2.45) is 9.98 Å². The van der Waals surface area contributed by atoms with Crippen molar-refractivity contribution < 1.29 is 9.59 Å².